The average molecular weight is 331 g/mol. The van der Waals surface area contributed by atoms with Crippen molar-refractivity contribution in [3.63, 3.8) is 0 Å². The summed E-state index contributed by atoms with van der Waals surface area (Å²) in [4.78, 5) is 25.7. The highest BCUT2D eigenvalue weighted by Crippen LogP contribution is 2.33. The first-order valence-corrected chi connectivity index (χ1v) is 9.32. The van der Waals surface area contributed by atoms with Gasteiger partial charge in [0.05, 0.1) is 4.88 Å². The Hall–Kier alpha value is -1.49. The molecule has 0 radical (unpaired) electrons. The van der Waals surface area contributed by atoms with Gasteiger partial charge in [-0.05, 0) is 39.2 Å². The van der Waals surface area contributed by atoms with Gasteiger partial charge in [-0.3, -0.25) is 4.79 Å². The van der Waals surface area contributed by atoms with E-state index in [2.05, 4.69) is 9.97 Å². The van der Waals surface area contributed by atoms with E-state index < -0.39 is 0 Å². The number of rotatable bonds is 2. The third-order valence-corrected chi connectivity index (χ3v) is 6.14. The maximum absolute atomic E-state index is 13.0. The molecule has 0 bridgehead atoms. The first kappa shape index (κ1) is 16.4. The van der Waals surface area contributed by atoms with E-state index in [1.807, 2.05) is 32.7 Å². The van der Waals surface area contributed by atoms with Gasteiger partial charge in [0, 0.05) is 24.2 Å². The fraction of sp³-hybridized carbons (Fsp3) is 0.611. The Morgan fingerprint density at radius 1 is 1.09 bits per heavy atom. The van der Waals surface area contributed by atoms with Crippen molar-refractivity contribution in [3.05, 3.63) is 22.0 Å². The lowest BCUT2D eigenvalue weighted by atomic mass is 10.1. The molecule has 0 N–H and O–H groups in total. The van der Waals surface area contributed by atoms with Crippen LogP contribution in [-0.4, -0.2) is 33.9 Å². The minimum absolute atomic E-state index is 0.148. The topological polar surface area (TPSA) is 46.1 Å². The molecule has 0 aliphatic heterocycles. The molecule has 1 fully saturated rings. The number of carbonyl (C=O) groups excluding carboxylic acids is 1. The molecule has 23 heavy (non-hydrogen) atoms. The van der Waals surface area contributed by atoms with Crippen LogP contribution in [0.3, 0.4) is 0 Å². The molecule has 0 saturated heterocycles. The highest BCUT2D eigenvalue weighted by atomic mass is 32.1. The summed E-state index contributed by atoms with van der Waals surface area (Å²) in [7, 11) is 1.96. The Kier molecular flexibility index (Phi) is 4.67. The zero-order valence-electron chi connectivity index (χ0n) is 14.5. The van der Waals surface area contributed by atoms with E-state index in [-0.39, 0.29) is 5.91 Å². The highest BCUT2D eigenvalue weighted by Gasteiger charge is 2.26. The van der Waals surface area contributed by atoms with E-state index in [9.17, 15) is 4.79 Å². The molecule has 0 unspecified atom stereocenters. The van der Waals surface area contributed by atoms with Crippen LogP contribution in [0.1, 0.15) is 65.3 Å². The molecule has 0 spiro atoms. The molecule has 0 aromatic carbocycles. The van der Waals surface area contributed by atoms with Crippen molar-refractivity contribution in [2.75, 3.05) is 7.05 Å². The average Bonchev–Trinajstić information content (AvgIpc) is 2.70. The molecule has 2 heterocycles. The lowest BCUT2D eigenvalue weighted by Crippen LogP contribution is -2.36. The normalized spacial score (nSPS) is 16.5. The Morgan fingerprint density at radius 3 is 2.39 bits per heavy atom. The molecular formula is C18H25N3OS. The van der Waals surface area contributed by atoms with E-state index in [4.69, 9.17) is 0 Å². The van der Waals surface area contributed by atoms with Gasteiger partial charge >= 0.3 is 0 Å². The fourth-order valence-corrected chi connectivity index (χ4v) is 4.91. The molecule has 1 amide bonds. The maximum Gasteiger partial charge on any atom is 0.264 e. The predicted octanol–water partition coefficient (Wildman–Crippen LogP) is 4.41. The van der Waals surface area contributed by atoms with Crippen LogP contribution in [0.2, 0.25) is 0 Å². The van der Waals surface area contributed by atoms with Crippen LogP contribution in [0.4, 0.5) is 0 Å². The highest BCUT2D eigenvalue weighted by molar-refractivity contribution is 7.20. The Bertz CT molecular complexity index is 729. The van der Waals surface area contributed by atoms with Crippen LogP contribution in [0, 0.1) is 20.8 Å². The molecule has 3 rings (SSSR count). The Balaban J connectivity index is 1.94. The second kappa shape index (κ2) is 6.56. The lowest BCUT2D eigenvalue weighted by molar-refractivity contribution is 0.0722. The Morgan fingerprint density at radius 2 is 1.74 bits per heavy atom. The third kappa shape index (κ3) is 3.11. The molecule has 4 nitrogen and oxygen atoms in total. The molecular weight excluding hydrogens is 306 g/mol. The summed E-state index contributed by atoms with van der Waals surface area (Å²) in [5, 5.41) is 1.05. The van der Waals surface area contributed by atoms with Crippen LogP contribution in [0.5, 0.6) is 0 Å². The van der Waals surface area contributed by atoms with E-state index >= 15 is 0 Å². The van der Waals surface area contributed by atoms with E-state index in [1.54, 1.807) is 0 Å². The monoisotopic (exact) mass is 331 g/mol. The van der Waals surface area contributed by atoms with Gasteiger partial charge in [-0.1, -0.05) is 25.7 Å². The fourth-order valence-electron chi connectivity index (χ4n) is 3.65. The van der Waals surface area contributed by atoms with Crippen molar-refractivity contribution in [3.8, 4) is 0 Å². The maximum atomic E-state index is 13.0. The number of hydrogen-bond acceptors (Lipinski definition) is 4. The lowest BCUT2D eigenvalue weighted by Gasteiger charge is -2.27. The summed E-state index contributed by atoms with van der Waals surface area (Å²) in [6, 6.07) is 0.378. The quantitative estimate of drug-likeness (QED) is 0.766. The van der Waals surface area contributed by atoms with Crippen molar-refractivity contribution in [2.45, 2.75) is 65.3 Å². The van der Waals surface area contributed by atoms with Crippen LogP contribution in [-0.2, 0) is 0 Å². The van der Waals surface area contributed by atoms with Gasteiger partial charge in [-0.2, -0.15) is 0 Å². The number of aryl methyl sites for hydroxylation is 3. The minimum Gasteiger partial charge on any atom is -0.338 e. The van der Waals surface area contributed by atoms with Crippen molar-refractivity contribution >= 4 is 27.5 Å². The van der Waals surface area contributed by atoms with Gasteiger partial charge < -0.3 is 4.90 Å². The Labute approximate surface area is 141 Å². The number of aromatic nitrogens is 2. The van der Waals surface area contributed by atoms with E-state index in [0.717, 1.165) is 45.0 Å². The number of hydrogen-bond donors (Lipinski definition) is 0. The largest absolute Gasteiger partial charge is 0.338 e. The number of carbonyl (C=O) groups is 1. The summed E-state index contributed by atoms with van der Waals surface area (Å²) in [5.41, 5.74) is 2.00. The van der Waals surface area contributed by atoms with Crippen LogP contribution >= 0.6 is 11.3 Å². The molecule has 2 aromatic heterocycles. The van der Waals surface area contributed by atoms with Gasteiger partial charge in [0.2, 0.25) is 0 Å². The molecule has 5 heteroatoms. The van der Waals surface area contributed by atoms with Crippen molar-refractivity contribution in [1.29, 1.82) is 0 Å². The summed E-state index contributed by atoms with van der Waals surface area (Å²) < 4.78 is 0. The molecule has 2 aromatic rings. The molecule has 1 saturated carbocycles. The summed E-state index contributed by atoms with van der Waals surface area (Å²) in [6.45, 7) is 5.93. The van der Waals surface area contributed by atoms with Gasteiger partial charge in [0.1, 0.15) is 10.7 Å². The second-order valence-electron chi connectivity index (χ2n) is 6.65. The van der Waals surface area contributed by atoms with Gasteiger partial charge in [0.15, 0.2) is 0 Å². The SMILES string of the molecule is Cc1nc(C)c2c(C)c(C(=O)N(C)C3CCCCCC3)sc2n1. The summed E-state index contributed by atoms with van der Waals surface area (Å²) in [5.74, 6) is 0.918. The van der Waals surface area contributed by atoms with Crippen LogP contribution in [0.25, 0.3) is 10.2 Å². The third-order valence-electron chi connectivity index (χ3n) is 4.97. The van der Waals surface area contributed by atoms with Crippen molar-refractivity contribution in [1.82, 2.24) is 14.9 Å². The number of fused-ring (bicyclic) bond motifs is 1. The van der Waals surface area contributed by atoms with Crippen molar-refractivity contribution < 1.29 is 4.79 Å². The summed E-state index contributed by atoms with van der Waals surface area (Å²) >= 11 is 1.52. The van der Waals surface area contributed by atoms with Gasteiger partial charge in [-0.15, -0.1) is 11.3 Å². The second-order valence-corrected chi connectivity index (χ2v) is 7.65. The molecule has 124 valence electrons. The number of nitrogens with zero attached hydrogens (tertiary/aromatic N) is 3. The van der Waals surface area contributed by atoms with Crippen LogP contribution in [0.15, 0.2) is 0 Å². The number of amides is 1. The van der Waals surface area contributed by atoms with Crippen molar-refractivity contribution in [2.24, 2.45) is 0 Å². The molecule has 0 atom stereocenters. The number of thiophene rings is 1. The first-order chi connectivity index (χ1) is 11.0. The molecule has 1 aliphatic rings. The van der Waals surface area contributed by atoms with Crippen LogP contribution < -0.4 is 0 Å². The zero-order chi connectivity index (χ0) is 16.6. The first-order valence-electron chi connectivity index (χ1n) is 8.50. The molecule has 1 aliphatic carbocycles. The smallest absolute Gasteiger partial charge is 0.264 e. The standard InChI is InChI=1S/C18H25N3OS/c1-11-15-12(2)19-13(3)20-17(15)23-16(11)18(22)21(4)14-9-7-5-6-8-10-14/h14H,5-10H2,1-4H3. The van der Waals surface area contributed by atoms with E-state index in [0.29, 0.717) is 6.04 Å². The minimum atomic E-state index is 0.148. The summed E-state index contributed by atoms with van der Waals surface area (Å²) in [6.07, 6.45) is 7.33. The predicted molar refractivity (Wildman–Crippen MR) is 95.2 cm³/mol. The van der Waals surface area contributed by atoms with Gasteiger partial charge in [0.25, 0.3) is 5.91 Å². The van der Waals surface area contributed by atoms with E-state index in [1.165, 1.54) is 37.0 Å². The van der Waals surface area contributed by atoms with Gasteiger partial charge in [-0.25, -0.2) is 9.97 Å². The zero-order valence-corrected chi connectivity index (χ0v) is 15.3.